The van der Waals surface area contributed by atoms with Gasteiger partial charge >= 0.3 is 6.03 Å². The Hall–Kier alpha value is -2.84. The molecule has 3 atom stereocenters. The number of likely N-dealkylation sites (tertiary alicyclic amines) is 1. The lowest BCUT2D eigenvalue weighted by Gasteiger charge is -2.41. The molecule has 1 N–H and O–H groups in total. The van der Waals surface area contributed by atoms with Crippen LogP contribution in [0.5, 0.6) is 0 Å². The molecule has 4 rings (SSSR count). The Morgan fingerprint density at radius 2 is 1.94 bits per heavy atom. The van der Waals surface area contributed by atoms with Crippen molar-refractivity contribution in [2.75, 3.05) is 39.8 Å². The fourth-order valence-corrected chi connectivity index (χ4v) is 5.46. The summed E-state index contributed by atoms with van der Waals surface area (Å²) in [7, 11) is 1.66. The van der Waals surface area contributed by atoms with Gasteiger partial charge in [0, 0.05) is 44.7 Å². The number of aliphatic hydroxyl groups excluding tert-OH is 1. The highest BCUT2D eigenvalue weighted by atomic mass is 19.1. The van der Waals surface area contributed by atoms with E-state index >= 15 is 0 Å². The molecule has 0 aliphatic carbocycles. The molecule has 36 heavy (non-hydrogen) atoms. The third-order valence-electron chi connectivity index (χ3n) is 7.40. The van der Waals surface area contributed by atoms with Gasteiger partial charge < -0.3 is 19.8 Å². The molecule has 2 aliphatic heterocycles. The number of nitrogens with zero attached hydrogens (tertiary/aromatic N) is 3. The second kappa shape index (κ2) is 11.0. The monoisotopic (exact) mass is 501 g/mol. The lowest BCUT2D eigenvalue weighted by Crippen LogP contribution is -2.54. The first-order chi connectivity index (χ1) is 17.3. The van der Waals surface area contributed by atoms with Gasteiger partial charge in [-0.2, -0.15) is 0 Å². The van der Waals surface area contributed by atoms with Crippen LogP contribution in [0.25, 0.3) is 5.57 Å². The van der Waals surface area contributed by atoms with Crippen molar-refractivity contribution in [1.29, 1.82) is 0 Å². The normalized spacial score (nSPS) is 24.9. The van der Waals surface area contributed by atoms with Crippen molar-refractivity contribution >= 4 is 11.6 Å². The van der Waals surface area contributed by atoms with Crippen LogP contribution in [0.1, 0.15) is 37.3 Å². The van der Waals surface area contributed by atoms with Crippen molar-refractivity contribution < 1.29 is 23.1 Å². The van der Waals surface area contributed by atoms with E-state index < -0.39 is 36.0 Å². The van der Waals surface area contributed by atoms with Crippen molar-refractivity contribution in [1.82, 2.24) is 14.7 Å². The van der Waals surface area contributed by atoms with Crippen LogP contribution in [0.15, 0.2) is 54.6 Å². The van der Waals surface area contributed by atoms with Crippen LogP contribution in [0, 0.1) is 11.6 Å². The Labute approximate surface area is 210 Å². The molecule has 2 aliphatic rings. The zero-order valence-electron chi connectivity index (χ0n) is 20.8. The van der Waals surface area contributed by atoms with Gasteiger partial charge in [0.05, 0.1) is 6.61 Å². The highest BCUT2D eigenvalue weighted by Gasteiger charge is 2.46. The van der Waals surface area contributed by atoms with Gasteiger partial charge in [0.15, 0.2) is 0 Å². The molecule has 0 bridgehead atoms. The van der Waals surface area contributed by atoms with Crippen molar-refractivity contribution in [2.45, 2.75) is 43.9 Å². The van der Waals surface area contributed by atoms with Gasteiger partial charge in [-0.15, -0.1) is 0 Å². The summed E-state index contributed by atoms with van der Waals surface area (Å²) in [5.41, 5.74) is -0.158. The van der Waals surface area contributed by atoms with Crippen LogP contribution in [-0.2, 0) is 5.54 Å². The predicted octanol–water partition coefficient (Wildman–Crippen LogP) is 4.82. The molecule has 2 aromatic carbocycles. The minimum atomic E-state index is -1.27. The van der Waals surface area contributed by atoms with Gasteiger partial charge in [0.2, 0.25) is 0 Å². The third-order valence-corrected chi connectivity index (χ3v) is 7.40. The maximum Gasteiger partial charge on any atom is 0.321 e. The highest BCUT2D eigenvalue weighted by molar-refractivity contribution is 5.83. The highest BCUT2D eigenvalue weighted by Crippen LogP contribution is 2.41. The van der Waals surface area contributed by atoms with E-state index in [0.29, 0.717) is 30.6 Å². The van der Waals surface area contributed by atoms with Crippen molar-refractivity contribution in [3.8, 4) is 0 Å². The molecule has 8 heteroatoms. The number of benzene rings is 2. The molecule has 0 aromatic heterocycles. The largest absolute Gasteiger partial charge is 0.393 e. The minimum absolute atomic E-state index is 0.0211. The first-order valence-corrected chi connectivity index (χ1v) is 12.5. The third kappa shape index (κ3) is 5.15. The van der Waals surface area contributed by atoms with Crippen molar-refractivity contribution in [3.63, 3.8) is 0 Å². The average Bonchev–Trinajstić information content (AvgIpc) is 3.18. The quantitative estimate of drug-likeness (QED) is 0.618. The first kappa shape index (κ1) is 26.2. The van der Waals surface area contributed by atoms with Crippen molar-refractivity contribution in [3.05, 3.63) is 77.4 Å². The number of rotatable bonds is 6. The van der Waals surface area contributed by atoms with E-state index in [1.165, 1.54) is 4.90 Å². The molecule has 2 aromatic rings. The van der Waals surface area contributed by atoms with E-state index in [1.54, 1.807) is 42.3 Å². The Kier molecular flexibility index (Phi) is 8.05. The summed E-state index contributed by atoms with van der Waals surface area (Å²) in [6.45, 7) is 3.45. The molecule has 194 valence electrons. The Balaban J connectivity index is 1.68. The number of urea groups is 1. The van der Waals surface area contributed by atoms with Gasteiger partial charge in [0.1, 0.15) is 23.3 Å². The van der Waals surface area contributed by atoms with Gasteiger partial charge in [-0.3, -0.25) is 0 Å². The summed E-state index contributed by atoms with van der Waals surface area (Å²) in [5, 5.41) is 10.7. The number of carbonyl (C=O) groups is 1. The number of halogens is 3. The lowest BCUT2D eigenvalue weighted by molar-refractivity contribution is 0.0758. The van der Waals surface area contributed by atoms with Gasteiger partial charge in [-0.1, -0.05) is 37.3 Å². The van der Waals surface area contributed by atoms with Gasteiger partial charge in [0.25, 0.3) is 0 Å². The molecule has 0 saturated carbocycles. The zero-order valence-corrected chi connectivity index (χ0v) is 20.8. The van der Waals surface area contributed by atoms with Gasteiger partial charge in [-0.25, -0.2) is 18.0 Å². The number of alkyl halides is 1. The second-order valence-corrected chi connectivity index (χ2v) is 9.80. The Morgan fingerprint density at radius 3 is 2.64 bits per heavy atom. The van der Waals surface area contributed by atoms with E-state index in [9.17, 15) is 23.1 Å². The lowest BCUT2D eigenvalue weighted by atomic mass is 9.89. The molecule has 1 fully saturated rings. The number of amides is 2. The molecule has 2 unspecified atom stereocenters. The minimum Gasteiger partial charge on any atom is -0.393 e. The Morgan fingerprint density at radius 1 is 1.19 bits per heavy atom. The molecular weight excluding hydrogens is 467 g/mol. The van der Waals surface area contributed by atoms with Crippen LogP contribution in [0.3, 0.4) is 0 Å². The van der Waals surface area contributed by atoms with Crippen molar-refractivity contribution in [2.24, 2.45) is 0 Å². The number of carbonyl (C=O) groups excluding carboxylic acids is 1. The molecule has 1 saturated heterocycles. The summed E-state index contributed by atoms with van der Waals surface area (Å²) < 4.78 is 43.5. The van der Waals surface area contributed by atoms with E-state index in [1.807, 2.05) is 6.07 Å². The molecule has 2 amide bonds. The number of hydrogen-bond acceptors (Lipinski definition) is 3. The molecule has 0 radical (unpaired) electrons. The molecule has 2 heterocycles. The fourth-order valence-electron chi connectivity index (χ4n) is 5.46. The van der Waals surface area contributed by atoms with Crippen LogP contribution in [0.4, 0.5) is 18.0 Å². The van der Waals surface area contributed by atoms with E-state index in [2.05, 4.69) is 11.8 Å². The predicted molar refractivity (Wildman–Crippen MR) is 134 cm³/mol. The summed E-state index contributed by atoms with van der Waals surface area (Å²) in [6, 6.07) is 11.5. The molecule has 5 nitrogen and oxygen atoms in total. The second-order valence-electron chi connectivity index (χ2n) is 9.80. The SMILES string of the molecule is CCCN1CCC(N(C)C(=O)N2CC(c3cc(F)ccc3F)=C[C@@]2(CO)c2ccccc2)CC(F)C1. The van der Waals surface area contributed by atoms with Gasteiger partial charge in [-0.05, 0) is 54.8 Å². The molecular formula is C28H34F3N3O2. The topological polar surface area (TPSA) is 47.0 Å². The standard InChI is InChI=1S/C28H34F3N3O2/c1-3-12-33-13-11-24(14-23(30)18-33)32(2)27(36)34-17-20(25-15-22(29)9-10-26(25)31)16-28(34,19-35)21-7-5-4-6-8-21/h4-10,15-16,23-24,35H,3,11-14,17-19H2,1-2H3/t23?,24?,28-/m1/s1. The summed E-state index contributed by atoms with van der Waals surface area (Å²) >= 11 is 0. The van der Waals surface area contributed by atoms with Crippen LogP contribution in [0.2, 0.25) is 0 Å². The average molecular weight is 502 g/mol. The number of aliphatic hydroxyl groups is 1. The van der Waals surface area contributed by atoms with E-state index in [4.69, 9.17) is 0 Å². The maximum atomic E-state index is 14.8. The van der Waals surface area contributed by atoms with E-state index in [0.717, 1.165) is 31.2 Å². The summed E-state index contributed by atoms with van der Waals surface area (Å²) in [6.07, 6.45) is 2.39. The summed E-state index contributed by atoms with van der Waals surface area (Å²) in [4.78, 5) is 19.1. The number of hydrogen-bond donors (Lipinski definition) is 1. The zero-order chi connectivity index (χ0) is 25.9. The van der Waals surface area contributed by atoms with E-state index in [-0.39, 0.29) is 24.6 Å². The summed E-state index contributed by atoms with van der Waals surface area (Å²) in [5.74, 6) is -1.20. The fraction of sp³-hybridized carbons (Fsp3) is 0.464. The maximum absolute atomic E-state index is 14.8. The smallest absolute Gasteiger partial charge is 0.321 e. The molecule has 0 spiro atoms. The van der Waals surface area contributed by atoms with Crippen LogP contribution < -0.4 is 0 Å². The first-order valence-electron chi connectivity index (χ1n) is 12.5. The van der Waals surface area contributed by atoms with Crippen LogP contribution in [-0.4, -0.2) is 77.9 Å². The van der Waals surface area contributed by atoms with Crippen LogP contribution >= 0.6 is 0 Å². The Bertz CT molecular complexity index is 1100.